The summed E-state index contributed by atoms with van der Waals surface area (Å²) in [6.07, 6.45) is -0.171. The normalized spacial score (nSPS) is 16.4. The molecule has 1 aliphatic rings. The Morgan fingerprint density at radius 3 is 2.44 bits per heavy atom. The first-order valence-electron chi connectivity index (χ1n) is 6.02. The smallest absolute Gasteiger partial charge is 0.352 e. The first-order chi connectivity index (χ1) is 8.52. The summed E-state index contributed by atoms with van der Waals surface area (Å²) in [6, 6.07) is 2.87. The van der Waals surface area contributed by atoms with Crippen LogP contribution in [-0.2, 0) is 6.18 Å². The molecule has 0 spiro atoms. The molecule has 100 valence electrons. The fourth-order valence-corrected chi connectivity index (χ4v) is 2.05. The molecule has 2 N–H and O–H groups in total. The van der Waals surface area contributed by atoms with Gasteiger partial charge in [-0.25, -0.2) is 4.98 Å². The van der Waals surface area contributed by atoms with Gasteiger partial charge in [0.1, 0.15) is 5.82 Å². The number of alkyl halides is 3. The SMILES string of the molecule is NCCN(c1ccc(C(F)(F)F)cn1)C1CCC1. The second-order valence-corrected chi connectivity index (χ2v) is 4.47. The fourth-order valence-electron chi connectivity index (χ4n) is 2.05. The number of hydrogen-bond acceptors (Lipinski definition) is 3. The lowest BCUT2D eigenvalue weighted by molar-refractivity contribution is -0.137. The summed E-state index contributed by atoms with van der Waals surface area (Å²) in [6.45, 7) is 1.10. The van der Waals surface area contributed by atoms with Gasteiger partial charge in [0.05, 0.1) is 5.56 Å². The Bertz CT molecular complexity index is 385. The molecular weight excluding hydrogens is 243 g/mol. The van der Waals surface area contributed by atoms with Crippen LogP contribution in [0.3, 0.4) is 0 Å². The van der Waals surface area contributed by atoms with Crippen molar-refractivity contribution >= 4 is 5.82 Å². The number of pyridine rings is 1. The lowest BCUT2D eigenvalue weighted by Gasteiger charge is -2.38. The van der Waals surface area contributed by atoms with Crippen molar-refractivity contribution in [2.75, 3.05) is 18.0 Å². The van der Waals surface area contributed by atoms with E-state index in [1.165, 1.54) is 6.07 Å². The Morgan fingerprint density at radius 1 is 1.33 bits per heavy atom. The van der Waals surface area contributed by atoms with Gasteiger partial charge in [-0.05, 0) is 31.4 Å². The zero-order valence-electron chi connectivity index (χ0n) is 9.95. The number of anilines is 1. The third-order valence-electron chi connectivity index (χ3n) is 3.25. The average Bonchev–Trinajstić information content (AvgIpc) is 2.25. The van der Waals surface area contributed by atoms with Gasteiger partial charge < -0.3 is 10.6 Å². The van der Waals surface area contributed by atoms with Crippen molar-refractivity contribution in [3.63, 3.8) is 0 Å². The minimum absolute atomic E-state index is 0.373. The summed E-state index contributed by atoms with van der Waals surface area (Å²) in [5.74, 6) is 0.582. The highest BCUT2D eigenvalue weighted by atomic mass is 19.4. The van der Waals surface area contributed by atoms with Gasteiger partial charge in [0.15, 0.2) is 0 Å². The van der Waals surface area contributed by atoms with Crippen molar-refractivity contribution in [2.45, 2.75) is 31.5 Å². The third-order valence-corrected chi connectivity index (χ3v) is 3.25. The van der Waals surface area contributed by atoms with Crippen LogP contribution in [0.25, 0.3) is 0 Å². The molecular formula is C12H16F3N3. The summed E-state index contributed by atoms with van der Waals surface area (Å²) >= 11 is 0. The van der Waals surface area contributed by atoms with E-state index in [9.17, 15) is 13.2 Å². The molecule has 1 saturated carbocycles. The zero-order valence-corrected chi connectivity index (χ0v) is 9.95. The molecule has 1 fully saturated rings. The number of halogens is 3. The Kier molecular flexibility index (Phi) is 3.75. The maximum Gasteiger partial charge on any atom is 0.417 e. The number of nitrogens with zero attached hydrogens (tertiary/aromatic N) is 2. The van der Waals surface area contributed by atoms with Crippen LogP contribution in [0.4, 0.5) is 19.0 Å². The van der Waals surface area contributed by atoms with E-state index >= 15 is 0 Å². The Morgan fingerprint density at radius 2 is 2.06 bits per heavy atom. The third kappa shape index (κ3) is 2.75. The molecule has 0 bridgehead atoms. The van der Waals surface area contributed by atoms with Crippen molar-refractivity contribution in [3.05, 3.63) is 23.9 Å². The lowest BCUT2D eigenvalue weighted by atomic mass is 9.91. The molecule has 0 aromatic carbocycles. The summed E-state index contributed by atoms with van der Waals surface area (Å²) in [7, 11) is 0. The van der Waals surface area contributed by atoms with Gasteiger partial charge in [0, 0.05) is 25.3 Å². The predicted molar refractivity (Wildman–Crippen MR) is 63.3 cm³/mol. The zero-order chi connectivity index (χ0) is 13.2. The standard InChI is InChI=1S/C12H16F3N3/c13-12(14,15)9-4-5-11(17-8-9)18(7-6-16)10-2-1-3-10/h4-5,8,10H,1-3,6-7,16H2. The monoisotopic (exact) mass is 259 g/mol. The molecule has 1 heterocycles. The van der Waals surface area contributed by atoms with E-state index < -0.39 is 11.7 Å². The van der Waals surface area contributed by atoms with Gasteiger partial charge in [0.2, 0.25) is 0 Å². The molecule has 1 aromatic rings. The van der Waals surface area contributed by atoms with Crippen LogP contribution >= 0.6 is 0 Å². The van der Waals surface area contributed by atoms with Crippen LogP contribution in [0.2, 0.25) is 0 Å². The molecule has 3 nitrogen and oxygen atoms in total. The van der Waals surface area contributed by atoms with Gasteiger partial charge in [-0.3, -0.25) is 0 Å². The van der Waals surface area contributed by atoms with Crippen molar-refractivity contribution in [2.24, 2.45) is 5.73 Å². The molecule has 0 saturated heterocycles. The van der Waals surface area contributed by atoms with Gasteiger partial charge in [-0.15, -0.1) is 0 Å². The predicted octanol–water partition coefficient (Wildman–Crippen LogP) is 2.42. The Hall–Kier alpha value is -1.30. The molecule has 0 aliphatic heterocycles. The van der Waals surface area contributed by atoms with Crippen LogP contribution < -0.4 is 10.6 Å². The molecule has 1 aromatic heterocycles. The Balaban J connectivity index is 2.15. The van der Waals surface area contributed by atoms with E-state index in [1.807, 2.05) is 4.90 Å². The fraction of sp³-hybridized carbons (Fsp3) is 0.583. The number of rotatable bonds is 4. The number of aromatic nitrogens is 1. The first-order valence-corrected chi connectivity index (χ1v) is 6.02. The van der Waals surface area contributed by atoms with Crippen molar-refractivity contribution in [3.8, 4) is 0 Å². The van der Waals surface area contributed by atoms with Gasteiger partial charge in [0.25, 0.3) is 0 Å². The molecule has 0 radical (unpaired) electrons. The van der Waals surface area contributed by atoms with E-state index in [-0.39, 0.29) is 0 Å². The van der Waals surface area contributed by atoms with Crippen molar-refractivity contribution in [1.29, 1.82) is 0 Å². The number of nitrogens with two attached hydrogens (primary N) is 1. The molecule has 6 heteroatoms. The molecule has 0 amide bonds. The van der Waals surface area contributed by atoms with Crippen molar-refractivity contribution in [1.82, 2.24) is 4.98 Å². The summed E-state index contributed by atoms with van der Waals surface area (Å²) < 4.78 is 37.3. The van der Waals surface area contributed by atoms with E-state index in [2.05, 4.69) is 4.98 Å². The summed E-state index contributed by atoms with van der Waals surface area (Å²) in [4.78, 5) is 5.92. The summed E-state index contributed by atoms with van der Waals surface area (Å²) in [5.41, 5.74) is 4.82. The molecule has 0 atom stereocenters. The first kappa shape index (κ1) is 13.1. The Labute approximate surface area is 104 Å². The maximum absolute atomic E-state index is 12.4. The lowest BCUT2D eigenvalue weighted by Crippen LogP contribution is -2.43. The van der Waals surface area contributed by atoms with Crippen LogP contribution in [0.15, 0.2) is 18.3 Å². The van der Waals surface area contributed by atoms with Gasteiger partial charge >= 0.3 is 6.18 Å². The minimum Gasteiger partial charge on any atom is -0.352 e. The highest BCUT2D eigenvalue weighted by molar-refractivity contribution is 5.41. The highest BCUT2D eigenvalue weighted by Gasteiger charge is 2.31. The molecule has 2 rings (SSSR count). The quantitative estimate of drug-likeness (QED) is 0.903. The van der Waals surface area contributed by atoms with Crippen LogP contribution in [0, 0.1) is 0 Å². The molecule has 18 heavy (non-hydrogen) atoms. The van der Waals surface area contributed by atoms with Gasteiger partial charge in [-0.1, -0.05) is 0 Å². The summed E-state index contributed by atoms with van der Waals surface area (Å²) in [5, 5.41) is 0. The minimum atomic E-state index is -4.33. The highest BCUT2D eigenvalue weighted by Crippen LogP contribution is 2.31. The van der Waals surface area contributed by atoms with E-state index in [1.54, 1.807) is 0 Å². The van der Waals surface area contributed by atoms with Crippen LogP contribution in [0.1, 0.15) is 24.8 Å². The topological polar surface area (TPSA) is 42.1 Å². The van der Waals surface area contributed by atoms with Crippen LogP contribution in [0.5, 0.6) is 0 Å². The molecule has 0 unspecified atom stereocenters. The van der Waals surface area contributed by atoms with E-state index in [0.29, 0.717) is 24.9 Å². The maximum atomic E-state index is 12.4. The van der Waals surface area contributed by atoms with Crippen LogP contribution in [-0.4, -0.2) is 24.1 Å². The molecule has 1 aliphatic carbocycles. The average molecular weight is 259 g/mol. The van der Waals surface area contributed by atoms with E-state index in [0.717, 1.165) is 31.5 Å². The number of hydrogen-bond donors (Lipinski definition) is 1. The second-order valence-electron chi connectivity index (χ2n) is 4.47. The van der Waals surface area contributed by atoms with Gasteiger partial charge in [-0.2, -0.15) is 13.2 Å². The second kappa shape index (κ2) is 5.14. The van der Waals surface area contributed by atoms with Crippen molar-refractivity contribution < 1.29 is 13.2 Å². The van der Waals surface area contributed by atoms with E-state index in [4.69, 9.17) is 5.73 Å². The largest absolute Gasteiger partial charge is 0.417 e.